The Morgan fingerprint density at radius 1 is 1.36 bits per heavy atom. The van der Waals surface area contributed by atoms with E-state index in [1.54, 1.807) is 6.07 Å². The zero-order chi connectivity index (χ0) is 16.2. The van der Waals surface area contributed by atoms with E-state index < -0.39 is 0 Å². The van der Waals surface area contributed by atoms with E-state index >= 15 is 0 Å². The Labute approximate surface area is 166 Å². The van der Waals surface area contributed by atoms with Crippen LogP contribution in [0.5, 0.6) is 0 Å². The Kier molecular flexibility index (Phi) is 8.81. The highest BCUT2D eigenvalue weighted by Gasteiger charge is 2.27. The minimum Gasteiger partial charge on any atom is -0.338 e. The van der Waals surface area contributed by atoms with E-state index in [1.165, 1.54) is 22.7 Å². The highest BCUT2D eigenvalue weighted by molar-refractivity contribution is 7.14. The van der Waals surface area contributed by atoms with Crippen molar-refractivity contribution < 1.29 is 9.59 Å². The number of carbonyl (C=O) groups is 2. The first kappa shape index (κ1) is 21.9. The first-order valence-corrected chi connectivity index (χ1v) is 9.22. The summed E-state index contributed by atoms with van der Waals surface area (Å²) in [5.74, 6) is -0.116. The number of thiophene rings is 1. The van der Waals surface area contributed by atoms with Crippen LogP contribution in [0.4, 0.5) is 5.13 Å². The smallest absolute Gasteiger partial charge is 0.267 e. The molecule has 1 atom stereocenters. The summed E-state index contributed by atoms with van der Waals surface area (Å²) in [5, 5.41) is 6.94. The Morgan fingerprint density at radius 2 is 2.16 bits per heavy atom. The lowest BCUT2D eigenvalue weighted by atomic mass is 10.2. The van der Waals surface area contributed by atoms with Crippen LogP contribution >= 0.6 is 47.5 Å². The molecule has 0 aliphatic carbocycles. The molecule has 3 N–H and O–H groups in total. The van der Waals surface area contributed by atoms with E-state index in [4.69, 9.17) is 5.73 Å². The fourth-order valence-corrected chi connectivity index (χ4v) is 4.00. The molecule has 1 saturated heterocycles. The molecule has 0 aromatic carbocycles. The summed E-state index contributed by atoms with van der Waals surface area (Å²) in [4.78, 5) is 31.2. The van der Waals surface area contributed by atoms with Crippen molar-refractivity contribution in [3.05, 3.63) is 33.5 Å². The maximum absolute atomic E-state index is 12.4. The van der Waals surface area contributed by atoms with Gasteiger partial charge in [0.25, 0.3) is 5.91 Å². The topological polar surface area (TPSA) is 88.3 Å². The second kappa shape index (κ2) is 10.1. The molecule has 138 valence electrons. The second-order valence-electron chi connectivity index (χ2n) is 5.37. The highest BCUT2D eigenvalue weighted by Crippen LogP contribution is 2.21. The molecular formula is C15H20Cl2N4O2S2. The average Bonchev–Trinajstić information content (AvgIpc) is 3.28. The van der Waals surface area contributed by atoms with E-state index in [0.717, 1.165) is 19.4 Å². The summed E-state index contributed by atoms with van der Waals surface area (Å²) in [6.45, 7) is 1.28. The van der Waals surface area contributed by atoms with Gasteiger partial charge in [-0.15, -0.1) is 47.5 Å². The van der Waals surface area contributed by atoms with Crippen molar-refractivity contribution >= 4 is 64.4 Å². The minimum absolute atomic E-state index is 0. The number of aromatic nitrogens is 1. The molecule has 0 bridgehead atoms. The first-order chi connectivity index (χ1) is 11.2. The third kappa shape index (κ3) is 5.39. The maximum atomic E-state index is 12.4. The van der Waals surface area contributed by atoms with Crippen LogP contribution in [0.1, 0.15) is 28.2 Å². The summed E-state index contributed by atoms with van der Waals surface area (Å²) in [6, 6.07) is 3.74. The normalized spacial score (nSPS) is 16.0. The summed E-state index contributed by atoms with van der Waals surface area (Å²) >= 11 is 2.71. The van der Waals surface area contributed by atoms with Crippen molar-refractivity contribution in [1.82, 2.24) is 9.88 Å². The van der Waals surface area contributed by atoms with Gasteiger partial charge in [0.2, 0.25) is 5.91 Å². The average molecular weight is 423 g/mol. The van der Waals surface area contributed by atoms with Gasteiger partial charge in [0.15, 0.2) is 5.13 Å². The Bertz CT molecular complexity index is 694. The third-order valence-electron chi connectivity index (χ3n) is 3.82. The van der Waals surface area contributed by atoms with E-state index in [9.17, 15) is 9.59 Å². The quantitative estimate of drug-likeness (QED) is 0.774. The van der Waals surface area contributed by atoms with Gasteiger partial charge in [-0.3, -0.25) is 14.9 Å². The van der Waals surface area contributed by atoms with Crippen molar-refractivity contribution in [1.29, 1.82) is 0 Å². The molecule has 3 heterocycles. The number of likely N-dealkylation sites (tertiary alicyclic amines) is 1. The molecule has 2 amide bonds. The Hall–Kier alpha value is -1.19. The van der Waals surface area contributed by atoms with Gasteiger partial charge in [-0.05, 0) is 24.3 Å². The van der Waals surface area contributed by atoms with Crippen molar-refractivity contribution in [3.8, 4) is 0 Å². The monoisotopic (exact) mass is 422 g/mol. The van der Waals surface area contributed by atoms with Gasteiger partial charge in [-0.1, -0.05) is 6.07 Å². The molecule has 0 saturated carbocycles. The van der Waals surface area contributed by atoms with Crippen LogP contribution in [0.2, 0.25) is 0 Å². The van der Waals surface area contributed by atoms with Crippen LogP contribution in [0, 0.1) is 0 Å². The molecule has 2 aromatic rings. The molecule has 6 nitrogen and oxygen atoms in total. The molecule has 0 radical (unpaired) electrons. The van der Waals surface area contributed by atoms with Gasteiger partial charge < -0.3 is 10.6 Å². The highest BCUT2D eigenvalue weighted by atomic mass is 35.5. The van der Waals surface area contributed by atoms with E-state index in [-0.39, 0.29) is 49.1 Å². The standard InChI is InChI=1S/C15H18N4O2S2.2ClH/c16-8-11-3-1-5-19(11)13(20)7-10-9-23-15(17-10)18-14(21)12-4-2-6-22-12;;/h2,4,6,9,11H,1,3,5,7-8,16H2,(H,17,18,21);2*1H. The number of carbonyl (C=O) groups excluding carboxylic acids is 2. The molecular weight excluding hydrogens is 403 g/mol. The van der Waals surface area contributed by atoms with Crippen molar-refractivity contribution in [2.24, 2.45) is 5.73 Å². The Balaban J connectivity index is 0.00000156. The van der Waals surface area contributed by atoms with Gasteiger partial charge in [0, 0.05) is 24.5 Å². The number of anilines is 1. The van der Waals surface area contributed by atoms with Gasteiger partial charge in [-0.25, -0.2) is 4.98 Å². The minimum atomic E-state index is -0.171. The van der Waals surface area contributed by atoms with Gasteiger partial charge >= 0.3 is 0 Å². The summed E-state index contributed by atoms with van der Waals surface area (Å²) < 4.78 is 0. The molecule has 1 aliphatic heterocycles. The number of nitrogens with one attached hydrogen (secondary N) is 1. The SMILES string of the molecule is Cl.Cl.NCC1CCCN1C(=O)Cc1csc(NC(=O)c2cccs2)n1. The summed E-state index contributed by atoms with van der Waals surface area (Å²) in [5.41, 5.74) is 6.39. The van der Waals surface area contributed by atoms with E-state index in [2.05, 4.69) is 10.3 Å². The van der Waals surface area contributed by atoms with Gasteiger partial charge in [-0.2, -0.15) is 0 Å². The third-order valence-corrected chi connectivity index (χ3v) is 5.49. The lowest BCUT2D eigenvalue weighted by molar-refractivity contribution is -0.131. The molecule has 10 heteroatoms. The molecule has 0 spiro atoms. The molecule has 1 unspecified atom stereocenters. The van der Waals surface area contributed by atoms with Gasteiger partial charge in [0.05, 0.1) is 17.0 Å². The van der Waals surface area contributed by atoms with Crippen LogP contribution in [-0.2, 0) is 11.2 Å². The zero-order valence-electron chi connectivity index (χ0n) is 13.3. The number of halogens is 2. The van der Waals surface area contributed by atoms with Crippen LogP contribution < -0.4 is 11.1 Å². The van der Waals surface area contributed by atoms with Gasteiger partial charge in [0.1, 0.15) is 0 Å². The molecule has 2 aromatic heterocycles. The first-order valence-electron chi connectivity index (χ1n) is 7.46. The lowest BCUT2D eigenvalue weighted by Crippen LogP contribution is -2.40. The number of nitrogens with two attached hydrogens (primary N) is 1. The van der Waals surface area contributed by atoms with E-state index in [1.807, 2.05) is 21.7 Å². The van der Waals surface area contributed by atoms with Crippen LogP contribution in [0.3, 0.4) is 0 Å². The van der Waals surface area contributed by atoms with Crippen molar-refractivity contribution in [2.75, 3.05) is 18.4 Å². The lowest BCUT2D eigenvalue weighted by Gasteiger charge is -2.23. The number of hydrogen-bond donors (Lipinski definition) is 2. The predicted octanol–water partition coefficient (Wildman–Crippen LogP) is 2.79. The summed E-state index contributed by atoms with van der Waals surface area (Å²) in [7, 11) is 0. The molecule has 1 fully saturated rings. The second-order valence-corrected chi connectivity index (χ2v) is 7.18. The molecule has 1 aliphatic rings. The largest absolute Gasteiger partial charge is 0.338 e. The zero-order valence-corrected chi connectivity index (χ0v) is 16.6. The predicted molar refractivity (Wildman–Crippen MR) is 106 cm³/mol. The number of amides is 2. The summed E-state index contributed by atoms with van der Waals surface area (Å²) in [6.07, 6.45) is 2.23. The fourth-order valence-electron chi connectivity index (χ4n) is 2.68. The van der Waals surface area contributed by atoms with Crippen LogP contribution in [0.15, 0.2) is 22.9 Å². The number of thiazole rings is 1. The van der Waals surface area contributed by atoms with Crippen LogP contribution in [-0.4, -0.2) is 40.8 Å². The maximum Gasteiger partial charge on any atom is 0.267 e. The fraction of sp³-hybridized carbons (Fsp3) is 0.400. The van der Waals surface area contributed by atoms with Crippen molar-refractivity contribution in [3.63, 3.8) is 0 Å². The van der Waals surface area contributed by atoms with Crippen LogP contribution in [0.25, 0.3) is 0 Å². The number of hydrogen-bond acceptors (Lipinski definition) is 6. The number of rotatable bonds is 5. The molecule has 3 rings (SSSR count). The van der Waals surface area contributed by atoms with E-state index in [0.29, 0.717) is 22.2 Å². The Morgan fingerprint density at radius 3 is 2.84 bits per heavy atom. The number of nitrogens with zero attached hydrogens (tertiary/aromatic N) is 2. The van der Waals surface area contributed by atoms with Crippen molar-refractivity contribution in [2.45, 2.75) is 25.3 Å². The molecule has 25 heavy (non-hydrogen) atoms.